The van der Waals surface area contributed by atoms with Gasteiger partial charge in [-0.2, -0.15) is 0 Å². The van der Waals surface area contributed by atoms with Crippen LogP contribution in [0.15, 0.2) is 48.5 Å². The van der Waals surface area contributed by atoms with Gasteiger partial charge in [-0.25, -0.2) is 0 Å². The average Bonchev–Trinajstić information content (AvgIpc) is 2.64. The molecule has 2 aromatic rings. The van der Waals surface area contributed by atoms with Crippen molar-refractivity contribution in [1.82, 2.24) is 0 Å². The van der Waals surface area contributed by atoms with E-state index in [0.717, 1.165) is 5.69 Å². The third-order valence-corrected chi connectivity index (χ3v) is 3.63. The number of rotatable bonds is 9. The summed E-state index contributed by atoms with van der Waals surface area (Å²) < 4.78 is 5.64. The normalized spacial score (nSPS) is 10.4. The molecule has 0 unspecified atom stereocenters. The highest BCUT2D eigenvalue weighted by Crippen LogP contribution is 2.31. The molecule has 2 aromatic carbocycles. The van der Waals surface area contributed by atoms with E-state index in [1.165, 1.54) is 0 Å². The van der Waals surface area contributed by atoms with Gasteiger partial charge in [0.15, 0.2) is 0 Å². The zero-order valence-electron chi connectivity index (χ0n) is 14.3. The first kappa shape index (κ1) is 18.8. The van der Waals surface area contributed by atoms with E-state index in [9.17, 15) is 15.0 Å². The van der Waals surface area contributed by atoms with E-state index in [0.29, 0.717) is 36.7 Å². The van der Waals surface area contributed by atoms with Crippen molar-refractivity contribution in [2.24, 2.45) is 0 Å². The zero-order valence-corrected chi connectivity index (χ0v) is 14.3. The number of amides is 1. The summed E-state index contributed by atoms with van der Waals surface area (Å²) in [6.07, 6.45) is 0. The minimum atomic E-state index is -0.202. The molecule has 134 valence electrons. The Bertz CT molecular complexity index is 670. The quantitative estimate of drug-likeness (QED) is 0.649. The van der Waals surface area contributed by atoms with E-state index in [-0.39, 0.29) is 19.1 Å². The van der Waals surface area contributed by atoms with Crippen LogP contribution in [0.25, 0.3) is 0 Å². The lowest BCUT2D eigenvalue weighted by atomic mass is 10.2. The highest BCUT2D eigenvalue weighted by molar-refractivity contribution is 6.04. The Hall–Kier alpha value is -2.57. The fourth-order valence-corrected chi connectivity index (χ4v) is 2.51. The molecule has 0 fully saturated rings. The van der Waals surface area contributed by atoms with E-state index in [1.54, 1.807) is 30.3 Å². The van der Waals surface area contributed by atoms with Crippen LogP contribution in [-0.4, -0.2) is 49.0 Å². The van der Waals surface area contributed by atoms with Gasteiger partial charge < -0.3 is 25.2 Å². The summed E-state index contributed by atoms with van der Waals surface area (Å²) in [7, 11) is 0. The maximum Gasteiger partial charge on any atom is 0.255 e. The molecular formula is C19H24N2O4. The summed E-state index contributed by atoms with van der Waals surface area (Å²) in [4.78, 5) is 14.1. The maximum atomic E-state index is 12.3. The molecule has 0 aromatic heterocycles. The van der Waals surface area contributed by atoms with Gasteiger partial charge in [-0.3, -0.25) is 4.79 Å². The van der Waals surface area contributed by atoms with Crippen molar-refractivity contribution in [3.8, 4) is 5.75 Å². The summed E-state index contributed by atoms with van der Waals surface area (Å²) in [6.45, 7) is 3.00. The van der Waals surface area contributed by atoms with Crippen LogP contribution in [0.3, 0.4) is 0 Å². The van der Waals surface area contributed by atoms with Crippen LogP contribution >= 0.6 is 0 Å². The number of hydrogen-bond acceptors (Lipinski definition) is 5. The van der Waals surface area contributed by atoms with Gasteiger partial charge in [0.05, 0.1) is 25.5 Å². The second-order valence-electron chi connectivity index (χ2n) is 5.37. The molecule has 0 aliphatic heterocycles. The van der Waals surface area contributed by atoms with Gasteiger partial charge in [-0.1, -0.05) is 18.2 Å². The Morgan fingerprint density at radius 3 is 2.36 bits per heavy atom. The van der Waals surface area contributed by atoms with Crippen molar-refractivity contribution in [3.63, 3.8) is 0 Å². The number of nitrogens with zero attached hydrogens (tertiary/aromatic N) is 1. The van der Waals surface area contributed by atoms with Gasteiger partial charge >= 0.3 is 0 Å². The Morgan fingerprint density at radius 2 is 1.76 bits per heavy atom. The fourth-order valence-electron chi connectivity index (χ4n) is 2.51. The van der Waals surface area contributed by atoms with Crippen LogP contribution in [0.2, 0.25) is 0 Å². The number of aliphatic hydroxyl groups excluding tert-OH is 2. The number of benzene rings is 2. The molecule has 0 aliphatic rings. The predicted molar refractivity (Wildman–Crippen MR) is 98.4 cm³/mol. The fraction of sp³-hybridized carbons (Fsp3) is 0.316. The molecule has 6 heteroatoms. The van der Waals surface area contributed by atoms with Gasteiger partial charge in [-0.05, 0) is 37.3 Å². The second kappa shape index (κ2) is 9.66. The Morgan fingerprint density at radius 1 is 1.08 bits per heavy atom. The number of ether oxygens (including phenoxy) is 1. The topological polar surface area (TPSA) is 82.0 Å². The van der Waals surface area contributed by atoms with E-state index in [2.05, 4.69) is 5.32 Å². The number of nitrogens with one attached hydrogen (secondary N) is 1. The molecule has 0 heterocycles. The third kappa shape index (κ3) is 5.20. The monoisotopic (exact) mass is 344 g/mol. The summed E-state index contributed by atoms with van der Waals surface area (Å²) >= 11 is 0. The molecule has 0 radical (unpaired) electrons. The Balaban J connectivity index is 2.27. The minimum absolute atomic E-state index is 0.0494. The average molecular weight is 344 g/mol. The molecule has 2 rings (SSSR count). The van der Waals surface area contributed by atoms with Crippen LogP contribution in [0.1, 0.15) is 17.3 Å². The second-order valence-corrected chi connectivity index (χ2v) is 5.37. The molecular weight excluding hydrogens is 320 g/mol. The zero-order chi connectivity index (χ0) is 18.1. The van der Waals surface area contributed by atoms with Crippen LogP contribution in [0.4, 0.5) is 11.4 Å². The van der Waals surface area contributed by atoms with Gasteiger partial charge in [0.25, 0.3) is 5.91 Å². The van der Waals surface area contributed by atoms with Crippen molar-refractivity contribution in [1.29, 1.82) is 0 Å². The Labute approximate surface area is 147 Å². The molecule has 25 heavy (non-hydrogen) atoms. The summed E-state index contributed by atoms with van der Waals surface area (Å²) in [5.41, 5.74) is 1.91. The molecule has 0 saturated carbocycles. The predicted octanol–water partition coefficient (Wildman–Crippen LogP) is 2.13. The molecule has 0 aliphatic carbocycles. The van der Waals surface area contributed by atoms with Crippen molar-refractivity contribution in [2.75, 3.05) is 43.1 Å². The first-order chi connectivity index (χ1) is 12.2. The first-order valence-corrected chi connectivity index (χ1v) is 8.29. The largest absolute Gasteiger partial charge is 0.492 e. The summed E-state index contributed by atoms with van der Waals surface area (Å²) in [5.74, 6) is 0.439. The minimum Gasteiger partial charge on any atom is -0.492 e. The smallest absolute Gasteiger partial charge is 0.255 e. The van der Waals surface area contributed by atoms with Gasteiger partial charge in [0, 0.05) is 24.3 Å². The lowest BCUT2D eigenvalue weighted by Gasteiger charge is -2.26. The molecule has 0 spiro atoms. The SMILES string of the molecule is CCOc1ccc(NC(=O)c2ccccc2)cc1N(CCO)CCO. The highest BCUT2D eigenvalue weighted by atomic mass is 16.5. The molecule has 0 saturated heterocycles. The van der Waals surface area contributed by atoms with Crippen molar-refractivity contribution in [2.45, 2.75) is 6.92 Å². The Kier molecular flexibility index (Phi) is 7.25. The molecule has 0 bridgehead atoms. The van der Waals surface area contributed by atoms with Crippen molar-refractivity contribution >= 4 is 17.3 Å². The maximum absolute atomic E-state index is 12.3. The van der Waals surface area contributed by atoms with E-state index in [1.807, 2.05) is 30.0 Å². The molecule has 6 nitrogen and oxygen atoms in total. The standard InChI is InChI=1S/C19H24N2O4/c1-2-25-18-9-8-16(14-17(18)21(10-12-22)11-13-23)20-19(24)15-6-4-3-5-7-15/h3-9,14,22-23H,2,10-13H2,1H3,(H,20,24). The van der Waals surface area contributed by atoms with Gasteiger partial charge in [0.1, 0.15) is 5.75 Å². The van der Waals surface area contributed by atoms with Gasteiger partial charge in [0.2, 0.25) is 0 Å². The molecule has 1 amide bonds. The van der Waals surface area contributed by atoms with E-state index >= 15 is 0 Å². The highest BCUT2D eigenvalue weighted by Gasteiger charge is 2.14. The van der Waals surface area contributed by atoms with Crippen LogP contribution < -0.4 is 15.0 Å². The van der Waals surface area contributed by atoms with E-state index < -0.39 is 0 Å². The number of carbonyl (C=O) groups excluding carboxylic acids is 1. The van der Waals surface area contributed by atoms with Crippen LogP contribution in [-0.2, 0) is 0 Å². The van der Waals surface area contributed by atoms with Crippen molar-refractivity contribution in [3.05, 3.63) is 54.1 Å². The molecule has 3 N–H and O–H groups in total. The lowest BCUT2D eigenvalue weighted by Crippen LogP contribution is -2.30. The van der Waals surface area contributed by atoms with Gasteiger partial charge in [-0.15, -0.1) is 0 Å². The lowest BCUT2D eigenvalue weighted by molar-refractivity contribution is 0.102. The van der Waals surface area contributed by atoms with E-state index in [4.69, 9.17) is 4.74 Å². The molecule has 0 atom stereocenters. The summed E-state index contributed by atoms with van der Waals surface area (Å²) in [6, 6.07) is 14.3. The number of aliphatic hydroxyl groups is 2. The number of anilines is 2. The van der Waals surface area contributed by atoms with Crippen LogP contribution in [0.5, 0.6) is 5.75 Å². The summed E-state index contributed by atoms with van der Waals surface area (Å²) in [5, 5.41) is 21.4. The third-order valence-electron chi connectivity index (χ3n) is 3.63. The van der Waals surface area contributed by atoms with Crippen LogP contribution in [0, 0.1) is 0 Å². The number of carbonyl (C=O) groups is 1. The van der Waals surface area contributed by atoms with Crippen molar-refractivity contribution < 1.29 is 19.7 Å². The first-order valence-electron chi connectivity index (χ1n) is 8.29. The number of hydrogen-bond donors (Lipinski definition) is 3.